The van der Waals surface area contributed by atoms with Gasteiger partial charge in [0.1, 0.15) is 18.2 Å². The van der Waals surface area contributed by atoms with E-state index in [9.17, 15) is 17.6 Å². The van der Waals surface area contributed by atoms with Crippen LogP contribution >= 0.6 is 0 Å². The first kappa shape index (κ1) is 17.2. The third-order valence-corrected chi connectivity index (χ3v) is 6.63. The molecule has 24 heavy (non-hydrogen) atoms. The molecular formula is C16H21FN2O4S. The van der Waals surface area contributed by atoms with E-state index in [1.807, 2.05) is 0 Å². The Bertz CT molecular complexity index is 697. The average Bonchev–Trinajstić information content (AvgIpc) is 2.90. The zero-order valence-corrected chi connectivity index (χ0v) is 14.1. The number of nitrogens with one attached hydrogen (secondary N) is 1. The minimum atomic E-state index is -3.39. The van der Waals surface area contributed by atoms with Crippen LogP contribution < -0.4 is 10.1 Å². The summed E-state index contributed by atoms with van der Waals surface area (Å²) in [7, 11) is -3.39. The molecule has 1 N–H and O–H groups in total. The van der Waals surface area contributed by atoms with Gasteiger partial charge in [-0.1, -0.05) is 0 Å². The van der Waals surface area contributed by atoms with E-state index in [1.54, 1.807) is 0 Å². The van der Waals surface area contributed by atoms with E-state index in [0.717, 1.165) is 0 Å². The van der Waals surface area contributed by atoms with Gasteiger partial charge in [-0.2, -0.15) is 0 Å². The van der Waals surface area contributed by atoms with E-state index >= 15 is 0 Å². The van der Waals surface area contributed by atoms with E-state index in [-0.39, 0.29) is 29.5 Å². The van der Waals surface area contributed by atoms with Gasteiger partial charge in [0.05, 0.1) is 5.75 Å². The number of rotatable bonds is 5. The van der Waals surface area contributed by atoms with Gasteiger partial charge in [0.15, 0.2) is 0 Å². The molecule has 1 amide bonds. The molecule has 2 fully saturated rings. The van der Waals surface area contributed by atoms with Gasteiger partial charge in [0.2, 0.25) is 15.9 Å². The first-order valence-corrected chi connectivity index (χ1v) is 9.62. The fraction of sp³-hybridized carbons (Fsp3) is 0.562. The predicted octanol–water partition coefficient (Wildman–Crippen LogP) is 1.14. The summed E-state index contributed by atoms with van der Waals surface area (Å²) in [6.07, 6.45) is 1.89. The molecule has 1 aromatic carbocycles. The lowest BCUT2D eigenvalue weighted by Gasteiger charge is -2.37. The van der Waals surface area contributed by atoms with Crippen molar-refractivity contribution in [3.05, 3.63) is 30.1 Å². The van der Waals surface area contributed by atoms with Crippen molar-refractivity contribution in [2.45, 2.75) is 19.3 Å². The maximum atomic E-state index is 12.8. The van der Waals surface area contributed by atoms with Gasteiger partial charge < -0.3 is 10.1 Å². The molecule has 0 unspecified atom stereocenters. The van der Waals surface area contributed by atoms with Crippen LogP contribution in [0.1, 0.15) is 19.3 Å². The van der Waals surface area contributed by atoms with E-state index in [2.05, 4.69) is 5.32 Å². The summed E-state index contributed by atoms with van der Waals surface area (Å²) < 4.78 is 44.5. The van der Waals surface area contributed by atoms with Gasteiger partial charge in [-0.3, -0.25) is 4.79 Å². The SMILES string of the molecule is O=C1CC2(CCN(S(=O)(=O)CCOc3ccc(F)cc3)CC2)CN1. The van der Waals surface area contributed by atoms with Crippen molar-refractivity contribution in [3.8, 4) is 5.75 Å². The van der Waals surface area contributed by atoms with Crippen LogP contribution in [-0.4, -0.2) is 50.6 Å². The number of carbonyl (C=O) groups excluding carboxylic acids is 1. The minimum absolute atomic E-state index is 0.0235. The maximum Gasteiger partial charge on any atom is 0.220 e. The van der Waals surface area contributed by atoms with Crippen molar-refractivity contribution < 1.29 is 22.3 Å². The number of hydrogen-bond acceptors (Lipinski definition) is 4. The molecule has 0 saturated carbocycles. The second-order valence-electron chi connectivity index (χ2n) is 6.47. The maximum absolute atomic E-state index is 12.8. The second-order valence-corrected chi connectivity index (χ2v) is 8.56. The quantitative estimate of drug-likeness (QED) is 0.858. The Morgan fingerprint density at radius 1 is 1.21 bits per heavy atom. The second kappa shape index (κ2) is 6.68. The first-order valence-electron chi connectivity index (χ1n) is 8.02. The molecular weight excluding hydrogens is 335 g/mol. The summed E-state index contributed by atoms with van der Waals surface area (Å²) in [5.41, 5.74) is -0.0757. The van der Waals surface area contributed by atoms with Crippen LogP contribution in [0.25, 0.3) is 0 Å². The van der Waals surface area contributed by atoms with Crippen LogP contribution in [0.4, 0.5) is 4.39 Å². The fourth-order valence-electron chi connectivity index (χ4n) is 3.27. The topological polar surface area (TPSA) is 75.7 Å². The van der Waals surface area contributed by atoms with Crippen molar-refractivity contribution in [2.24, 2.45) is 5.41 Å². The van der Waals surface area contributed by atoms with Gasteiger partial charge in [-0.25, -0.2) is 17.1 Å². The molecule has 0 aromatic heterocycles. The van der Waals surface area contributed by atoms with E-state index in [0.29, 0.717) is 44.6 Å². The molecule has 2 saturated heterocycles. The van der Waals surface area contributed by atoms with E-state index < -0.39 is 10.0 Å². The summed E-state index contributed by atoms with van der Waals surface area (Å²) in [6.45, 7) is 1.55. The minimum Gasteiger partial charge on any atom is -0.492 e. The number of carbonyl (C=O) groups is 1. The lowest BCUT2D eigenvalue weighted by atomic mass is 9.78. The molecule has 0 bridgehead atoms. The van der Waals surface area contributed by atoms with Crippen molar-refractivity contribution in [2.75, 3.05) is 32.0 Å². The third kappa shape index (κ3) is 3.87. The Kier molecular flexibility index (Phi) is 4.78. The summed E-state index contributed by atoms with van der Waals surface area (Å²) in [5.74, 6) is 0.0185. The summed E-state index contributed by atoms with van der Waals surface area (Å²) in [6, 6.07) is 5.48. The van der Waals surface area contributed by atoms with Crippen molar-refractivity contribution >= 4 is 15.9 Å². The molecule has 3 rings (SSSR count). The molecule has 0 radical (unpaired) electrons. The van der Waals surface area contributed by atoms with Crippen molar-refractivity contribution in [3.63, 3.8) is 0 Å². The molecule has 0 atom stereocenters. The lowest BCUT2D eigenvalue weighted by molar-refractivity contribution is -0.119. The van der Waals surface area contributed by atoms with Crippen LogP contribution in [-0.2, 0) is 14.8 Å². The average molecular weight is 356 g/mol. The van der Waals surface area contributed by atoms with E-state index in [1.165, 1.54) is 28.6 Å². The Balaban J connectivity index is 1.49. The molecule has 6 nitrogen and oxygen atoms in total. The highest BCUT2D eigenvalue weighted by Gasteiger charge is 2.42. The van der Waals surface area contributed by atoms with Crippen LogP contribution in [0.2, 0.25) is 0 Å². The number of hydrogen-bond donors (Lipinski definition) is 1. The van der Waals surface area contributed by atoms with Gasteiger partial charge in [-0.05, 0) is 42.5 Å². The van der Waals surface area contributed by atoms with Crippen LogP contribution in [0.3, 0.4) is 0 Å². The predicted molar refractivity (Wildman–Crippen MR) is 86.5 cm³/mol. The smallest absolute Gasteiger partial charge is 0.220 e. The van der Waals surface area contributed by atoms with Crippen molar-refractivity contribution in [1.29, 1.82) is 0 Å². The largest absolute Gasteiger partial charge is 0.492 e. The Labute approximate surface area is 141 Å². The van der Waals surface area contributed by atoms with Crippen LogP contribution in [0.15, 0.2) is 24.3 Å². The molecule has 2 heterocycles. The number of benzene rings is 1. The molecule has 1 spiro atoms. The Morgan fingerprint density at radius 3 is 2.46 bits per heavy atom. The third-order valence-electron chi connectivity index (χ3n) is 4.80. The molecule has 132 valence electrons. The van der Waals surface area contributed by atoms with Crippen LogP contribution in [0.5, 0.6) is 5.75 Å². The number of nitrogens with zero attached hydrogens (tertiary/aromatic N) is 1. The van der Waals surface area contributed by atoms with Gasteiger partial charge in [-0.15, -0.1) is 0 Å². The number of halogens is 1. The van der Waals surface area contributed by atoms with Crippen LogP contribution in [0, 0.1) is 11.2 Å². The summed E-state index contributed by atoms with van der Waals surface area (Å²) in [4.78, 5) is 11.4. The number of piperidine rings is 1. The summed E-state index contributed by atoms with van der Waals surface area (Å²) in [5, 5.41) is 2.84. The lowest BCUT2D eigenvalue weighted by Crippen LogP contribution is -2.45. The molecule has 1 aromatic rings. The highest BCUT2D eigenvalue weighted by atomic mass is 32.2. The highest BCUT2D eigenvalue weighted by molar-refractivity contribution is 7.89. The summed E-state index contributed by atoms with van der Waals surface area (Å²) >= 11 is 0. The van der Waals surface area contributed by atoms with Gasteiger partial charge in [0.25, 0.3) is 0 Å². The molecule has 0 aliphatic carbocycles. The normalized spacial score (nSPS) is 21.0. The van der Waals surface area contributed by atoms with Crippen molar-refractivity contribution in [1.82, 2.24) is 9.62 Å². The highest BCUT2D eigenvalue weighted by Crippen LogP contribution is 2.38. The van der Waals surface area contributed by atoms with Gasteiger partial charge in [0, 0.05) is 26.1 Å². The van der Waals surface area contributed by atoms with Gasteiger partial charge >= 0.3 is 0 Å². The monoisotopic (exact) mass is 356 g/mol. The number of ether oxygens (including phenoxy) is 1. The zero-order chi connectivity index (χ0) is 17.2. The molecule has 2 aliphatic heterocycles. The Hall–Kier alpha value is -1.67. The number of sulfonamides is 1. The fourth-order valence-corrected chi connectivity index (χ4v) is 4.56. The first-order chi connectivity index (χ1) is 11.4. The molecule has 8 heteroatoms. The Morgan fingerprint density at radius 2 is 1.88 bits per heavy atom. The molecule has 2 aliphatic rings. The standard InChI is InChI=1S/C16H21FN2O4S/c17-13-1-3-14(4-2-13)23-9-10-24(21,22)19-7-5-16(6-8-19)11-15(20)18-12-16/h1-4H,5-12H2,(H,18,20). The zero-order valence-electron chi connectivity index (χ0n) is 13.3. The number of amides is 1. The van der Waals surface area contributed by atoms with E-state index in [4.69, 9.17) is 4.74 Å².